The Morgan fingerprint density at radius 1 is 0.778 bits per heavy atom. The smallest absolute Gasteiger partial charge is 0.407 e. The molecule has 4 aromatic rings. The minimum atomic E-state index is -1.51. The molecule has 0 aliphatic carbocycles. The zero-order valence-corrected chi connectivity index (χ0v) is 31.1. The summed E-state index contributed by atoms with van der Waals surface area (Å²) in [6, 6.07) is 13.6. The Bertz CT molecular complexity index is 1960. The van der Waals surface area contributed by atoms with Crippen LogP contribution in [0.15, 0.2) is 60.9 Å². The van der Waals surface area contributed by atoms with Gasteiger partial charge >= 0.3 is 12.2 Å². The number of imidazole rings is 2. The first-order valence-corrected chi connectivity index (χ1v) is 18.2. The summed E-state index contributed by atoms with van der Waals surface area (Å²) < 4.78 is 4.68. The van der Waals surface area contributed by atoms with Crippen LogP contribution in [0, 0.1) is 5.92 Å². The van der Waals surface area contributed by atoms with E-state index in [1.54, 1.807) is 22.2 Å². The number of rotatable bonds is 11. The molecular weight excluding hydrogens is 692 g/mol. The van der Waals surface area contributed by atoms with E-state index in [4.69, 9.17) is 0 Å². The summed E-state index contributed by atoms with van der Waals surface area (Å²) in [6.45, 7) is 7.60. The second-order valence-corrected chi connectivity index (χ2v) is 14.8. The topological polar surface area (TPSA) is 206 Å². The number of benzene rings is 2. The predicted octanol–water partition coefficient (Wildman–Crippen LogP) is 5.25. The molecule has 6 N–H and O–H groups in total. The van der Waals surface area contributed by atoms with E-state index in [0.29, 0.717) is 31.2 Å². The molecule has 0 unspecified atom stereocenters. The number of methoxy groups -OCH3 is 1. The van der Waals surface area contributed by atoms with Gasteiger partial charge in [-0.05, 0) is 67.7 Å². The average Bonchev–Trinajstić information content (AvgIpc) is 3.98. The van der Waals surface area contributed by atoms with Crippen LogP contribution in [0.5, 0.6) is 0 Å². The van der Waals surface area contributed by atoms with Crippen LogP contribution in [-0.2, 0) is 14.3 Å². The Morgan fingerprint density at radius 3 is 1.63 bits per heavy atom. The number of ether oxygens (including phenoxy) is 1. The number of aromatic nitrogens is 4. The van der Waals surface area contributed by atoms with Crippen molar-refractivity contribution < 1.29 is 34.1 Å². The number of alkyl carbamates (subject to hydrolysis) is 1. The summed E-state index contributed by atoms with van der Waals surface area (Å²) >= 11 is 0. The maximum atomic E-state index is 13.6. The average molecular weight is 741 g/mol. The quantitative estimate of drug-likeness (QED) is 0.119. The third-order valence-electron chi connectivity index (χ3n) is 10.2. The highest BCUT2D eigenvalue weighted by atomic mass is 16.5. The van der Waals surface area contributed by atoms with Crippen molar-refractivity contribution in [1.29, 1.82) is 0 Å². The minimum absolute atomic E-state index is 0.193. The molecule has 2 saturated heterocycles. The highest BCUT2D eigenvalue weighted by Crippen LogP contribution is 2.35. The van der Waals surface area contributed by atoms with Crippen LogP contribution in [0.2, 0.25) is 0 Å². The van der Waals surface area contributed by atoms with E-state index in [1.165, 1.54) is 21.0 Å². The first kappa shape index (κ1) is 38.0. The number of carboxylic acid groups (broad SMARTS) is 1. The van der Waals surface area contributed by atoms with E-state index in [1.807, 2.05) is 62.4 Å². The van der Waals surface area contributed by atoms with Gasteiger partial charge in [-0.1, -0.05) is 62.4 Å². The summed E-state index contributed by atoms with van der Waals surface area (Å²) in [5, 5.41) is 24.8. The molecule has 4 amide bonds. The number of hydrogen-bond donors (Lipinski definition) is 6. The van der Waals surface area contributed by atoms with Gasteiger partial charge in [-0.3, -0.25) is 9.59 Å². The van der Waals surface area contributed by atoms with E-state index < -0.39 is 35.8 Å². The lowest BCUT2D eigenvalue weighted by Gasteiger charge is -2.34. The van der Waals surface area contributed by atoms with E-state index in [9.17, 15) is 29.4 Å². The summed E-state index contributed by atoms with van der Waals surface area (Å²) in [7, 11) is 1.21. The number of amides is 4. The fraction of sp³-hybridized carbons (Fsp3) is 0.436. The van der Waals surface area contributed by atoms with Crippen molar-refractivity contribution in [3.63, 3.8) is 0 Å². The van der Waals surface area contributed by atoms with Crippen molar-refractivity contribution >= 4 is 24.0 Å². The van der Waals surface area contributed by atoms with Crippen LogP contribution in [0.3, 0.4) is 0 Å². The lowest BCUT2D eigenvalue weighted by Crippen LogP contribution is -2.58. The van der Waals surface area contributed by atoms with Gasteiger partial charge in [-0.25, -0.2) is 19.6 Å². The Labute approximate surface area is 313 Å². The number of nitrogens with zero attached hydrogens (tertiary/aromatic N) is 4. The molecule has 4 atom stereocenters. The highest BCUT2D eigenvalue weighted by molar-refractivity contribution is 5.88. The molecule has 0 spiro atoms. The minimum Gasteiger partial charge on any atom is -0.465 e. The molecule has 2 fully saturated rings. The second-order valence-electron chi connectivity index (χ2n) is 14.8. The monoisotopic (exact) mass is 740 g/mol. The molecule has 0 radical (unpaired) electrons. The fourth-order valence-corrected chi connectivity index (χ4v) is 7.33. The maximum Gasteiger partial charge on any atom is 0.407 e. The maximum absolute atomic E-state index is 13.6. The largest absolute Gasteiger partial charge is 0.465 e. The highest BCUT2D eigenvalue weighted by Gasteiger charge is 2.42. The van der Waals surface area contributed by atoms with Gasteiger partial charge in [-0.2, -0.15) is 0 Å². The summed E-state index contributed by atoms with van der Waals surface area (Å²) in [4.78, 5) is 69.6. The van der Waals surface area contributed by atoms with Gasteiger partial charge in [0.05, 0.1) is 48.6 Å². The summed E-state index contributed by atoms with van der Waals surface area (Å²) in [5.74, 6) is 0.470. The molecule has 15 heteroatoms. The van der Waals surface area contributed by atoms with Crippen molar-refractivity contribution in [1.82, 2.24) is 40.4 Å². The molecule has 6 rings (SSSR count). The molecular formula is C39H48N8O7. The number of carbonyl (C=O) groups excluding carboxylic acids is 3. The van der Waals surface area contributed by atoms with Crippen LogP contribution in [0.1, 0.15) is 77.1 Å². The number of hydrogen-bond acceptors (Lipinski definition) is 8. The van der Waals surface area contributed by atoms with E-state index in [0.717, 1.165) is 52.9 Å². The SMILES string of the molecule is COC(=O)N[C@H](C(=O)N1CCC[C@H]1c1ncc(-c2ccc(-c3ccc(-c4cnc([C@@H]5CCCN5C(=O)[C@@H](NC(=O)O)C(C)C)[nH]4)cc3)cc2)[nH]1)C(C)(C)O. The van der Waals surface area contributed by atoms with Crippen LogP contribution in [0.25, 0.3) is 33.6 Å². The third kappa shape index (κ3) is 8.10. The molecule has 0 bridgehead atoms. The standard InChI is InChI=1S/C39H48N8O7/c1-22(2)31(44-37(50)51)35(48)46-18-6-8-29(46)33-40-20-27(42-33)25-14-10-23(11-15-25)24-12-16-26(17-13-24)28-21-41-34(43-28)30-9-7-19-47(30)36(49)32(39(3,4)53)45-38(52)54-5/h10-17,20-22,29-32,44,53H,6-9,18-19H2,1-5H3,(H,40,42)(H,41,43)(H,45,52)(H,50,51)/t29-,30-,31-,32+/m0/s1. The third-order valence-corrected chi connectivity index (χ3v) is 10.2. The lowest BCUT2D eigenvalue weighted by atomic mass is 9.97. The van der Waals surface area contributed by atoms with Gasteiger partial charge in [0.2, 0.25) is 11.8 Å². The van der Waals surface area contributed by atoms with Crippen molar-refractivity contribution in [2.75, 3.05) is 20.2 Å². The number of likely N-dealkylation sites (tertiary alicyclic amines) is 2. The summed E-state index contributed by atoms with van der Waals surface area (Å²) in [5.41, 5.74) is 4.02. The molecule has 2 aromatic heterocycles. The summed E-state index contributed by atoms with van der Waals surface area (Å²) in [6.07, 6.45) is 4.48. The van der Waals surface area contributed by atoms with Crippen LogP contribution >= 0.6 is 0 Å². The molecule has 2 aromatic carbocycles. The Hall–Kier alpha value is -5.70. The molecule has 2 aliphatic heterocycles. The van der Waals surface area contributed by atoms with Crippen molar-refractivity contribution in [2.24, 2.45) is 5.92 Å². The lowest BCUT2D eigenvalue weighted by molar-refractivity contribution is -0.140. The van der Waals surface area contributed by atoms with E-state index >= 15 is 0 Å². The van der Waals surface area contributed by atoms with Crippen molar-refractivity contribution in [3.05, 3.63) is 72.6 Å². The predicted molar refractivity (Wildman–Crippen MR) is 200 cm³/mol. The van der Waals surface area contributed by atoms with Gasteiger partial charge in [0.1, 0.15) is 23.7 Å². The van der Waals surface area contributed by atoms with Crippen LogP contribution < -0.4 is 10.6 Å². The van der Waals surface area contributed by atoms with Gasteiger partial charge in [0, 0.05) is 13.1 Å². The fourth-order valence-electron chi connectivity index (χ4n) is 7.33. The van der Waals surface area contributed by atoms with Crippen molar-refractivity contribution in [2.45, 2.75) is 83.1 Å². The number of nitrogens with one attached hydrogen (secondary N) is 4. The molecule has 4 heterocycles. The Kier molecular flexibility index (Phi) is 11.1. The van der Waals surface area contributed by atoms with Crippen LogP contribution in [0.4, 0.5) is 9.59 Å². The Balaban J connectivity index is 1.11. The number of aliphatic hydroxyl groups is 1. The molecule has 54 heavy (non-hydrogen) atoms. The number of carbonyl (C=O) groups is 4. The van der Waals surface area contributed by atoms with Crippen LogP contribution in [-0.4, -0.2) is 102 Å². The van der Waals surface area contributed by atoms with E-state index in [-0.39, 0.29) is 23.9 Å². The second kappa shape index (κ2) is 15.7. The Morgan fingerprint density at radius 2 is 1.22 bits per heavy atom. The van der Waals surface area contributed by atoms with Gasteiger partial charge < -0.3 is 45.4 Å². The molecule has 2 aliphatic rings. The molecule has 0 saturated carbocycles. The van der Waals surface area contributed by atoms with Gasteiger partial charge in [-0.15, -0.1) is 0 Å². The van der Waals surface area contributed by atoms with E-state index in [2.05, 4.69) is 35.3 Å². The van der Waals surface area contributed by atoms with Gasteiger partial charge in [0.15, 0.2) is 0 Å². The van der Waals surface area contributed by atoms with Gasteiger partial charge in [0.25, 0.3) is 0 Å². The first-order chi connectivity index (χ1) is 25.7. The number of aromatic amines is 2. The normalized spacial score (nSPS) is 18.4. The zero-order chi connectivity index (χ0) is 38.7. The number of H-pyrrole nitrogens is 2. The molecule has 286 valence electrons. The molecule has 15 nitrogen and oxygen atoms in total. The van der Waals surface area contributed by atoms with Crippen molar-refractivity contribution in [3.8, 4) is 33.6 Å². The first-order valence-electron chi connectivity index (χ1n) is 18.2. The zero-order valence-electron chi connectivity index (χ0n) is 31.1.